The van der Waals surface area contributed by atoms with E-state index in [-0.39, 0.29) is 0 Å². The lowest BCUT2D eigenvalue weighted by Crippen LogP contribution is -2.18. The van der Waals surface area contributed by atoms with Gasteiger partial charge < -0.3 is 28.3 Å². The van der Waals surface area contributed by atoms with E-state index in [1.807, 2.05) is 10.6 Å². The van der Waals surface area contributed by atoms with Crippen molar-refractivity contribution in [2.24, 2.45) is 4.99 Å². The summed E-state index contributed by atoms with van der Waals surface area (Å²) in [4.78, 5) is 29.4. The summed E-state index contributed by atoms with van der Waals surface area (Å²) in [6.07, 6.45) is 2.99. The first-order valence-corrected chi connectivity index (χ1v) is 11.0. The third-order valence-electron chi connectivity index (χ3n) is 4.93. The first-order valence-electron chi connectivity index (χ1n) is 10.2. The minimum Gasteiger partial charge on any atom is -0.493 e. The van der Waals surface area contributed by atoms with Crippen molar-refractivity contribution in [1.82, 2.24) is 4.57 Å². The number of hydrogen-bond donors (Lipinski definition) is 0. The summed E-state index contributed by atoms with van der Waals surface area (Å²) in [5, 5.41) is 0. The lowest BCUT2D eigenvalue weighted by molar-refractivity contribution is -0.113. The maximum absolute atomic E-state index is 12.7. The molecule has 0 aliphatic rings. The van der Waals surface area contributed by atoms with Gasteiger partial charge in [0.1, 0.15) is 0 Å². The van der Waals surface area contributed by atoms with Crippen molar-refractivity contribution in [3.8, 4) is 17.2 Å². The fourth-order valence-corrected chi connectivity index (χ4v) is 4.40. The number of nitrogens with zero attached hydrogens (tertiary/aromatic N) is 2. The highest BCUT2D eigenvalue weighted by Gasteiger charge is 2.13. The molecule has 0 saturated heterocycles. The van der Waals surface area contributed by atoms with E-state index < -0.39 is 11.9 Å². The van der Waals surface area contributed by atoms with Crippen molar-refractivity contribution in [3.05, 3.63) is 52.3 Å². The Morgan fingerprint density at radius 3 is 2.29 bits per heavy atom. The fourth-order valence-electron chi connectivity index (χ4n) is 3.30. The largest absolute Gasteiger partial charge is 0.493 e. The van der Waals surface area contributed by atoms with Gasteiger partial charge in [0.25, 0.3) is 5.91 Å². The average Bonchev–Trinajstić information content (AvgIpc) is 3.20. The van der Waals surface area contributed by atoms with E-state index in [2.05, 4.69) is 4.99 Å². The highest BCUT2D eigenvalue weighted by molar-refractivity contribution is 7.16. The summed E-state index contributed by atoms with van der Waals surface area (Å²) in [7, 11) is 7.51. The molecule has 1 aromatic heterocycles. The predicted octanol–water partition coefficient (Wildman–Crippen LogP) is 3.30. The molecule has 0 N–H and O–H groups in total. The number of fused-ring (bicyclic) bond motifs is 1. The van der Waals surface area contributed by atoms with Crippen molar-refractivity contribution in [3.63, 3.8) is 0 Å². The maximum Gasteiger partial charge on any atom is 0.337 e. The van der Waals surface area contributed by atoms with Crippen LogP contribution in [0.15, 0.2) is 41.4 Å². The van der Waals surface area contributed by atoms with E-state index in [1.165, 1.54) is 45.9 Å². The predicted molar refractivity (Wildman–Crippen MR) is 129 cm³/mol. The maximum atomic E-state index is 12.7. The number of benzene rings is 2. The molecule has 0 bridgehead atoms. The second-order valence-electron chi connectivity index (χ2n) is 6.95. The van der Waals surface area contributed by atoms with Gasteiger partial charge in [-0.2, -0.15) is 4.99 Å². The zero-order chi connectivity index (χ0) is 24.7. The number of ether oxygens (including phenoxy) is 5. The molecule has 0 fully saturated rings. The Hall–Kier alpha value is -3.63. The van der Waals surface area contributed by atoms with Crippen molar-refractivity contribution < 1.29 is 33.3 Å². The second kappa shape index (κ2) is 11.5. The molecule has 9 nitrogen and oxygen atoms in total. The fraction of sp³-hybridized carbons (Fsp3) is 0.292. The van der Waals surface area contributed by atoms with E-state index in [0.29, 0.717) is 46.3 Å². The molecule has 0 unspecified atom stereocenters. The summed E-state index contributed by atoms with van der Waals surface area (Å²) in [6.45, 7) is 0.935. The molecule has 0 aliphatic heterocycles. The Labute approximate surface area is 200 Å². The van der Waals surface area contributed by atoms with Gasteiger partial charge in [0.05, 0.1) is 50.8 Å². The van der Waals surface area contributed by atoms with Crippen LogP contribution in [-0.2, 0) is 20.8 Å². The van der Waals surface area contributed by atoms with E-state index in [1.54, 1.807) is 37.5 Å². The van der Waals surface area contributed by atoms with Crippen molar-refractivity contribution in [2.45, 2.75) is 6.54 Å². The summed E-state index contributed by atoms with van der Waals surface area (Å²) >= 11 is 1.31. The van der Waals surface area contributed by atoms with Gasteiger partial charge in [0.2, 0.25) is 5.75 Å². The van der Waals surface area contributed by atoms with Crippen LogP contribution >= 0.6 is 11.3 Å². The first kappa shape index (κ1) is 25.0. The highest BCUT2D eigenvalue weighted by atomic mass is 32.1. The Bertz CT molecular complexity index is 1270. The smallest absolute Gasteiger partial charge is 0.337 e. The molecule has 3 aromatic rings. The monoisotopic (exact) mass is 486 g/mol. The molecule has 180 valence electrons. The molecule has 34 heavy (non-hydrogen) atoms. The molecule has 0 atom stereocenters. The van der Waals surface area contributed by atoms with Crippen molar-refractivity contribution >= 4 is 39.5 Å². The van der Waals surface area contributed by atoms with Gasteiger partial charge in [-0.3, -0.25) is 4.79 Å². The zero-order valence-corrected chi connectivity index (χ0v) is 20.4. The number of aromatic nitrogens is 1. The van der Waals surface area contributed by atoms with Crippen LogP contribution in [0.1, 0.15) is 15.9 Å². The molecule has 0 radical (unpaired) electrons. The molecule has 0 spiro atoms. The number of methoxy groups -OCH3 is 5. The zero-order valence-electron chi connectivity index (χ0n) is 19.6. The van der Waals surface area contributed by atoms with Crippen LogP contribution in [0.2, 0.25) is 0 Å². The molecule has 2 aromatic carbocycles. The third-order valence-corrected chi connectivity index (χ3v) is 5.98. The number of amides is 1. The lowest BCUT2D eigenvalue weighted by Gasteiger charge is -2.12. The van der Waals surface area contributed by atoms with E-state index >= 15 is 0 Å². The van der Waals surface area contributed by atoms with E-state index in [4.69, 9.17) is 23.7 Å². The molecule has 3 rings (SSSR count). The van der Waals surface area contributed by atoms with Gasteiger partial charge in [-0.1, -0.05) is 11.3 Å². The third kappa shape index (κ3) is 5.46. The summed E-state index contributed by atoms with van der Waals surface area (Å²) in [5.74, 6) is 0.554. The lowest BCUT2D eigenvalue weighted by atomic mass is 10.1. The summed E-state index contributed by atoms with van der Waals surface area (Å²) in [6, 6.07) is 8.68. The molecule has 1 amide bonds. The van der Waals surface area contributed by atoms with Gasteiger partial charge in [-0.05, 0) is 42.0 Å². The van der Waals surface area contributed by atoms with Gasteiger partial charge >= 0.3 is 5.97 Å². The average molecular weight is 487 g/mol. The van der Waals surface area contributed by atoms with Crippen LogP contribution in [0, 0.1) is 0 Å². The number of carbonyl (C=O) groups excluding carboxylic acids is 2. The van der Waals surface area contributed by atoms with Crippen molar-refractivity contribution in [1.29, 1.82) is 0 Å². The molecular formula is C24H26N2O7S. The normalized spacial score (nSPS) is 11.7. The van der Waals surface area contributed by atoms with Crippen molar-refractivity contribution in [2.75, 3.05) is 42.2 Å². The molecule has 0 aliphatic carbocycles. The first-order chi connectivity index (χ1) is 16.4. The number of carbonyl (C=O) groups is 2. The topological polar surface area (TPSA) is 97.6 Å². The molecule has 1 heterocycles. The minimum atomic E-state index is -0.445. The van der Waals surface area contributed by atoms with Gasteiger partial charge in [-0.25, -0.2) is 4.79 Å². The van der Waals surface area contributed by atoms with Crippen LogP contribution in [-0.4, -0.2) is 58.6 Å². The Morgan fingerprint density at radius 1 is 1.00 bits per heavy atom. The van der Waals surface area contributed by atoms with Gasteiger partial charge in [0.15, 0.2) is 16.3 Å². The number of hydrogen-bond acceptors (Lipinski definition) is 8. The standard InChI is InChI=1S/C24H26N2O7S/c1-29-11-10-26-17-8-7-16(23(28)33-5)14-20(17)34-24(26)25-21(27)9-6-15-12-18(30-2)22(32-4)19(13-15)31-3/h6-9,12-14H,10-11H2,1-5H3. The van der Waals surface area contributed by atoms with Crippen LogP contribution in [0.3, 0.4) is 0 Å². The second-order valence-corrected chi connectivity index (χ2v) is 7.95. The van der Waals surface area contributed by atoms with Gasteiger partial charge in [0, 0.05) is 19.7 Å². The van der Waals surface area contributed by atoms with Crippen LogP contribution in [0.25, 0.3) is 16.3 Å². The molecule has 10 heteroatoms. The SMILES string of the molecule is COCCn1c(=NC(=O)C=Cc2cc(OC)c(OC)c(OC)c2)sc2cc(C(=O)OC)ccc21. The minimum absolute atomic E-state index is 0.426. The Kier molecular flexibility index (Phi) is 8.44. The highest BCUT2D eigenvalue weighted by Crippen LogP contribution is 2.38. The van der Waals surface area contributed by atoms with E-state index in [0.717, 1.165) is 10.2 Å². The summed E-state index contributed by atoms with van der Waals surface area (Å²) in [5.41, 5.74) is 1.95. The van der Waals surface area contributed by atoms with Crippen LogP contribution in [0.5, 0.6) is 17.2 Å². The van der Waals surface area contributed by atoms with Gasteiger partial charge in [-0.15, -0.1) is 0 Å². The quantitative estimate of drug-likeness (QED) is 0.338. The number of rotatable bonds is 9. The Morgan fingerprint density at radius 2 is 1.71 bits per heavy atom. The summed E-state index contributed by atoms with van der Waals surface area (Å²) < 4.78 is 28.7. The van der Waals surface area contributed by atoms with Crippen LogP contribution in [0.4, 0.5) is 0 Å². The molecular weight excluding hydrogens is 460 g/mol. The number of thiazole rings is 1. The molecule has 0 saturated carbocycles. The van der Waals surface area contributed by atoms with E-state index in [9.17, 15) is 9.59 Å². The Balaban J connectivity index is 1.98. The number of esters is 1. The van der Waals surface area contributed by atoms with Crippen LogP contribution < -0.4 is 19.0 Å².